The lowest BCUT2D eigenvalue weighted by Gasteiger charge is -1.93. The van der Waals surface area contributed by atoms with Crippen LogP contribution in [0.25, 0.3) is 0 Å². The minimum atomic E-state index is -0.685. The molecule has 0 aromatic rings. The van der Waals surface area contributed by atoms with Gasteiger partial charge >= 0.3 is 9.57 Å². The highest BCUT2D eigenvalue weighted by Crippen LogP contribution is 1.50. The smallest absolute Gasteiger partial charge is 0.378 e. The first-order chi connectivity index (χ1) is 2.27. The van der Waals surface area contributed by atoms with E-state index in [0.29, 0.717) is 0 Å². The summed E-state index contributed by atoms with van der Waals surface area (Å²) in [6, 6.07) is 0. The van der Waals surface area contributed by atoms with Gasteiger partial charge in [-0.25, -0.2) is 0 Å². The molecule has 0 saturated carbocycles. The maximum Gasteiger partial charge on any atom is 0.378 e. The molecule has 2 nitrogen and oxygen atoms in total. The van der Waals surface area contributed by atoms with Crippen molar-refractivity contribution in [1.82, 2.24) is 4.57 Å². The van der Waals surface area contributed by atoms with Gasteiger partial charge in [-0.3, -0.25) is 0 Å². The lowest BCUT2D eigenvalue weighted by Crippen LogP contribution is -2.08. The number of hydrogen-bond donors (Lipinski definition) is 0. The molecular formula is C2H7NOSi. The standard InChI is InChI=1S/C2H7NOSi/c1-3(2)5-4/h5H,1-2H3. The summed E-state index contributed by atoms with van der Waals surface area (Å²) < 4.78 is 11.3. The molecule has 0 N–H and O–H groups in total. The number of rotatable bonds is 1. The minimum Gasteiger partial charge on any atom is -0.385 e. The molecule has 0 aliphatic carbocycles. The van der Waals surface area contributed by atoms with Crippen molar-refractivity contribution in [3.63, 3.8) is 0 Å². The third-order valence-electron chi connectivity index (χ3n) is 0.211. The predicted molar refractivity (Wildman–Crippen MR) is 21.5 cm³/mol. The van der Waals surface area contributed by atoms with Crippen LogP contribution in [0.4, 0.5) is 0 Å². The van der Waals surface area contributed by atoms with Crippen LogP contribution in [0.5, 0.6) is 0 Å². The molecule has 0 radical (unpaired) electrons. The maximum atomic E-state index is 9.64. The Labute approximate surface area is 33.7 Å². The fourth-order valence-corrected chi connectivity index (χ4v) is 0. The third-order valence-corrected chi connectivity index (χ3v) is 0.632. The maximum absolute atomic E-state index is 9.64. The molecule has 0 aromatic heterocycles. The summed E-state index contributed by atoms with van der Waals surface area (Å²) in [7, 11) is 2.87. The zero-order valence-electron chi connectivity index (χ0n) is 3.43. The van der Waals surface area contributed by atoms with E-state index in [-0.39, 0.29) is 0 Å². The number of hydrogen-bond acceptors (Lipinski definition) is 1. The van der Waals surface area contributed by atoms with Crippen molar-refractivity contribution >= 4 is 9.57 Å². The molecular weight excluding hydrogens is 82.1 g/mol. The van der Waals surface area contributed by atoms with Crippen LogP contribution in [-0.4, -0.2) is 28.2 Å². The highest BCUT2D eigenvalue weighted by molar-refractivity contribution is 6.12. The SMILES string of the molecule is CN(C)[SiH]=O. The molecule has 0 unspecified atom stereocenters. The van der Waals surface area contributed by atoms with Crippen LogP contribution < -0.4 is 0 Å². The van der Waals surface area contributed by atoms with Crippen molar-refractivity contribution in [3.05, 3.63) is 0 Å². The third kappa shape index (κ3) is 3.82. The average molecular weight is 89.2 g/mol. The van der Waals surface area contributed by atoms with Gasteiger partial charge in [-0.05, 0) is 14.1 Å². The van der Waals surface area contributed by atoms with Crippen molar-refractivity contribution in [2.24, 2.45) is 0 Å². The van der Waals surface area contributed by atoms with Gasteiger partial charge in [0, 0.05) is 0 Å². The van der Waals surface area contributed by atoms with E-state index >= 15 is 0 Å². The highest BCUT2D eigenvalue weighted by Gasteiger charge is 1.71. The molecule has 5 heavy (non-hydrogen) atoms. The van der Waals surface area contributed by atoms with E-state index < -0.39 is 9.57 Å². The fraction of sp³-hybridized carbons (Fsp3) is 1.00. The average Bonchev–Trinajstić information content (AvgIpc) is 1.38. The second-order valence-corrected chi connectivity index (χ2v) is 2.31. The summed E-state index contributed by atoms with van der Waals surface area (Å²) in [6.45, 7) is 0. The van der Waals surface area contributed by atoms with Gasteiger partial charge in [-0.1, -0.05) is 0 Å². The van der Waals surface area contributed by atoms with Crippen LogP contribution in [0, 0.1) is 0 Å². The molecule has 30 valence electrons. The summed E-state index contributed by atoms with van der Waals surface area (Å²) in [4.78, 5) is 0. The minimum absolute atomic E-state index is 0.685. The summed E-state index contributed by atoms with van der Waals surface area (Å²) in [5, 5.41) is 0. The van der Waals surface area contributed by atoms with E-state index in [4.69, 9.17) is 0 Å². The molecule has 0 saturated heterocycles. The Morgan fingerprint density at radius 3 is 1.80 bits per heavy atom. The van der Waals surface area contributed by atoms with Crippen LogP contribution in [0.2, 0.25) is 0 Å². The Kier molecular flexibility index (Phi) is 2.00. The summed E-state index contributed by atoms with van der Waals surface area (Å²) in [5.41, 5.74) is 0. The van der Waals surface area contributed by atoms with Crippen molar-refractivity contribution in [3.8, 4) is 0 Å². The van der Waals surface area contributed by atoms with Crippen LogP contribution >= 0.6 is 0 Å². The number of nitrogens with zero attached hydrogens (tertiary/aromatic N) is 1. The van der Waals surface area contributed by atoms with Gasteiger partial charge < -0.3 is 9.03 Å². The Morgan fingerprint density at radius 1 is 1.60 bits per heavy atom. The zero-order chi connectivity index (χ0) is 4.28. The molecule has 0 spiro atoms. The highest BCUT2D eigenvalue weighted by atomic mass is 28.2. The van der Waals surface area contributed by atoms with Crippen LogP contribution in [-0.2, 0) is 4.46 Å². The van der Waals surface area contributed by atoms with Crippen LogP contribution in [0.3, 0.4) is 0 Å². The van der Waals surface area contributed by atoms with Gasteiger partial charge in [0.15, 0.2) is 0 Å². The van der Waals surface area contributed by atoms with Gasteiger partial charge in [-0.15, -0.1) is 0 Å². The van der Waals surface area contributed by atoms with E-state index in [2.05, 4.69) is 0 Å². The Balaban J connectivity index is 2.83. The topological polar surface area (TPSA) is 20.3 Å². The summed E-state index contributed by atoms with van der Waals surface area (Å²) in [6.07, 6.45) is 0. The molecule has 3 heteroatoms. The van der Waals surface area contributed by atoms with Crippen LogP contribution in [0.15, 0.2) is 0 Å². The first kappa shape index (κ1) is 4.82. The van der Waals surface area contributed by atoms with E-state index in [1.54, 1.807) is 18.7 Å². The molecule has 0 aliphatic rings. The lowest BCUT2D eigenvalue weighted by molar-refractivity contribution is 0.515. The summed E-state index contributed by atoms with van der Waals surface area (Å²) >= 11 is 0. The van der Waals surface area contributed by atoms with Gasteiger partial charge in [0.25, 0.3) is 0 Å². The van der Waals surface area contributed by atoms with Gasteiger partial charge in [0.2, 0.25) is 0 Å². The van der Waals surface area contributed by atoms with Crippen molar-refractivity contribution in [2.45, 2.75) is 0 Å². The molecule has 0 atom stereocenters. The van der Waals surface area contributed by atoms with E-state index in [1.807, 2.05) is 0 Å². The molecule has 0 aliphatic heterocycles. The molecule has 0 rings (SSSR count). The first-order valence-corrected chi connectivity index (χ1v) is 2.38. The lowest BCUT2D eigenvalue weighted by atomic mass is 11.3. The molecule has 0 fully saturated rings. The van der Waals surface area contributed by atoms with Crippen molar-refractivity contribution in [2.75, 3.05) is 14.1 Å². The Hall–Kier alpha value is -0.183. The Morgan fingerprint density at radius 2 is 1.80 bits per heavy atom. The quantitative estimate of drug-likeness (QED) is 0.394. The molecule has 0 amide bonds. The van der Waals surface area contributed by atoms with E-state index in [9.17, 15) is 4.46 Å². The van der Waals surface area contributed by atoms with Gasteiger partial charge in [0.1, 0.15) is 0 Å². The molecule has 0 aromatic carbocycles. The van der Waals surface area contributed by atoms with E-state index in [1.165, 1.54) is 0 Å². The van der Waals surface area contributed by atoms with Crippen molar-refractivity contribution < 1.29 is 4.46 Å². The van der Waals surface area contributed by atoms with Gasteiger partial charge in [-0.2, -0.15) is 0 Å². The monoisotopic (exact) mass is 89.0 g/mol. The normalized spacial score (nSPS) is 6.80. The van der Waals surface area contributed by atoms with Gasteiger partial charge in [0.05, 0.1) is 0 Å². The molecule has 0 heterocycles. The predicted octanol–water partition coefficient (Wildman–Crippen LogP) is -0.755. The fourth-order valence-electron chi connectivity index (χ4n) is 0. The first-order valence-electron chi connectivity index (χ1n) is 1.39. The summed E-state index contributed by atoms with van der Waals surface area (Å²) in [5.74, 6) is 0. The van der Waals surface area contributed by atoms with Crippen molar-refractivity contribution in [1.29, 1.82) is 0 Å². The van der Waals surface area contributed by atoms with Crippen LogP contribution in [0.1, 0.15) is 0 Å². The Bertz CT molecular complexity index is 36.6. The largest absolute Gasteiger partial charge is 0.385 e. The second-order valence-electron chi connectivity index (χ2n) is 1.07. The second kappa shape index (κ2) is 2.08. The molecule has 0 bridgehead atoms. The zero-order valence-corrected chi connectivity index (χ0v) is 4.59. The van der Waals surface area contributed by atoms with E-state index in [0.717, 1.165) is 0 Å².